The Kier molecular flexibility index (Phi) is 9.93. The maximum absolute atomic E-state index is 13.2. The molecule has 0 atom stereocenters. The van der Waals surface area contributed by atoms with Crippen molar-refractivity contribution >= 4 is 11.9 Å². The molecule has 1 heterocycles. The molecular formula is C28H33NO6. The lowest BCUT2D eigenvalue weighted by Crippen LogP contribution is -2.36. The van der Waals surface area contributed by atoms with Crippen LogP contribution in [0.25, 0.3) is 11.3 Å². The van der Waals surface area contributed by atoms with Gasteiger partial charge in [0.05, 0.1) is 32.5 Å². The van der Waals surface area contributed by atoms with E-state index in [0.717, 1.165) is 22.6 Å². The van der Waals surface area contributed by atoms with Crippen molar-refractivity contribution in [2.24, 2.45) is 0 Å². The van der Waals surface area contributed by atoms with Crippen LogP contribution in [0.15, 0.2) is 71.3 Å². The van der Waals surface area contributed by atoms with E-state index in [0.29, 0.717) is 38.5 Å². The standard InChI is InChI=1S/C28H33NO6/c1-4-33-27(30)15-17-32-18-19-34-25-13-7-22(8-14-25)20-29(21(2)3)28(31)24-11-9-23(10-12-24)26-6-5-16-35-26/h5-14,16,21H,4,15,17-20H2,1-3H3. The number of carbonyl (C=O) groups is 2. The number of hydrogen-bond acceptors (Lipinski definition) is 6. The molecule has 0 aliphatic rings. The monoisotopic (exact) mass is 479 g/mol. The Balaban J connectivity index is 1.49. The van der Waals surface area contributed by atoms with E-state index in [9.17, 15) is 9.59 Å². The summed E-state index contributed by atoms with van der Waals surface area (Å²) >= 11 is 0. The van der Waals surface area contributed by atoms with Crippen LogP contribution in [-0.4, -0.2) is 49.2 Å². The molecule has 3 aromatic rings. The molecule has 186 valence electrons. The minimum absolute atomic E-state index is 0.0220. The van der Waals surface area contributed by atoms with E-state index in [-0.39, 0.29) is 24.3 Å². The number of ether oxygens (including phenoxy) is 3. The Bertz CT molecular complexity index is 1040. The van der Waals surface area contributed by atoms with Gasteiger partial charge in [0.2, 0.25) is 0 Å². The SMILES string of the molecule is CCOC(=O)CCOCCOc1ccc(CN(C(=O)c2ccc(-c3ccco3)cc2)C(C)C)cc1. The Labute approximate surface area is 206 Å². The van der Waals surface area contributed by atoms with Crippen molar-refractivity contribution < 1.29 is 28.2 Å². The fourth-order valence-corrected chi connectivity index (χ4v) is 3.47. The number of hydrogen-bond donors (Lipinski definition) is 0. The first kappa shape index (κ1) is 26.0. The molecule has 0 bridgehead atoms. The number of amides is 1. The van der Waals surface area contributed by atoms with Gasteiger partial charge in [-0.2, -0.15) is 0 Å². The van der Waals surface area contributed by atoms with Crippen molar-refractivity contribution in [3.05, 3.63) is 78.1 Å². The second-order valence-electron chi connectivity index (χ2n) is 8.24. The molecule has 0 saturated carbocycles. The summed E-state index contributed by atoms with van der Waals surface area (Å²) in [4.78, 5) is 26.3. The molecule has 0 N–H and O–H groups in total. The molecule has 0 aliphatic heterocycles. The lowest BCUT2D eigenvalue weighted by Gasteiger charge is -2.27. The van der Waals surface area contributed by atoms with Gasteiger partial charge in [-0.05, 0) is 62.7 Å². The van der Waals surface area contributed by atoms with Gasteiger partial charge in [-0.1, -0.05) is 24.3 Å². The van der Waals surface area contributed by atoms with E-state index in [1.807, 2.05) is 79.4 Å². The summed E-state index contributed by atoms with van der Waals surface area (Å²) < 4.78 is 21.4. The molecule has 1 aromatic heterocycles. The van der Waals surface area contributed by atoms with E-state index < -0.39 is 0 Å². The molecule has 3 rings (SSSR count). The third kappa shape index (κ3) is 8.00. The van der Waals surface area contributed by atoms with E-state index in [2.05, 4.69) is 0 Å². The van der Waals surface area contributed by atoms with Gasteiger partial charge in [-0.15, -0.1) is 0 Å². The molecule has 0 aliphatic carbocycles. The fourth-order valence-electron chi connectivity index (χ4n) is 3.47. The Hall–Kier alpha value is -3.58. The predicted octanol–water partition coefficient (Wildman–Crippen LogP) is 5.35. The van der Waals surface area contributed by atoms with Crippen molar-refractivity contribution in [1.29, 1.82) is 0 Å². The molecule has 0 radical (unpaired) electrons. The summed E-state index contributed by atoms with van der Waals surface area (Å²) in [6.45, 7) is 7.74. The molecule has 7 heteroatoms. The quantitative estimate of drug-likeness (QED) is 0.243. The number of benzene rings is 2. The highest BCUT2D eigenvalue weighted by atomic mass is 16.5. The summed E-state index contributed by atoms with van der Waals surface area (Å²) in [5, 5.41) is 0. The molecule has 0 unspecified atom stereocenters. The zero-order valence-corrected chi connectivity index (χ0v) is 20.6. The summed E-state index contributed by atoms with van der Waals surface area (Å²) in [7, 11) is 0. The van der Waals surface area contributed by atoms with Crippen LogP contribution in [0.1, 0.15) is 43.1 Å². The van der Waals surface area contributed by atoms with Crippen LogP contribution in [0, 0.1) is 0 Å². The van der Waals surface area contributed by atoms with Gasteiger partial charge in [-0.3, -0.25) is 9.59 Å². The van der Waals surface area contributed by atoms with Gasteiger partial charge in [0.15, 0.2) is 0 Å². The molecule has 2 aromatic carbocycles. The minimum atomic E-state index is -0.260. The third-order valence-electron chi connectivity index (χ3n) is 5.35. The maximum atomic E-state index is 13.2. The Morgan fingerprint density at radius 1 is 0.943 bits per heavy atom. The van der Waals surface area contributed by atoms with Crippen LogP contribution in [0.2, 0.25) is 0 Å². The van der Waals surface area contributed by atoms with Crippen LogP contribution < -0.4 is 4.74 Å². The van der Waals surface area contributed by atoms with Crippen molar-refractivity contribution in [1.82, 2.24) is 4.90 Å². The summed E-state index contributed by atoms with van der Waals surface area (Å²) in [5.74, 6) is 1.21. The molecule has 0 spiro atoms. The van der Waals surface area contributed by atoms with Crippen molar-refractivity contribution in [3.63, 3.8) is 0 Å². The zero-order chi connectivity index (χ0) is 25.0. The largest absolute Gasteiger partial charge is 0.491 e. The first-order valence-corrected chi connectivity index (χ1v) is 11.9. The molecule has 7 nitrogen and oxygen atoms in total. The fraction of sp³-hybridized carbons (Fsp3) is 0.357. The lowest BCUT2D eigenvalue weighted by molar-refractivity contribution is -0.144. The number of esters is 1. The highest BCUT2D eigenvalue weighted by Crippen LogP contribution is 2.22. The molecule has 35 heavy (non-hydrogen) atoms. The molecular weight excluding hydrogens is 446 g/mol. The van der Waals surface area contributed by atoms with Gasteiger partial charge < -0.3 is 23.5 Å². The topological polar surface area (TPSA) is 78.2 Å². The average Bonchev–Trinajstić information content (AvgIpc) is 3.40. The van der Waals surface area contributed by atoms with Gasteiger partial charge in [0, 0.05) is 23.7 Å². The van der Waals surface area contributed by atoms with Crippen LogP contribution in [0.3, 0.4) is 0 Å². The van der Waals surface area contributed by atoms with Gasteiger partial charge in [-0.25, -0.2) is 0 Å². The van der Waals surface area contributed by atoms with E-state index >= 15 is 0 Å². The van der Waals surface area contributed by atoms with Gasteiger partial charge >= 0.3 is 5.97 Å². The highest BCUT2D eigenvalue weighted by Gasteiger charge is 2.19. The summed E-state index contributed by atoms with van der Waals surface area (Å²) in [6.07, 6.45) is 1.87. The van der Waals surface area contributed by atoms with Crippen LogP contribution in [-0.2, 0) is 20.8 Å². The number of nitrogens with zero attached hydrogens (tertiary/aromatic N) is 1. The average molecular weight is 480 g/mol. The summed E-state index contributed by atoms with van der Waals surface area (Å²) in [6, 6.07) is 18.9. The van der Waals surface area contributed by atoms with E-state index in [1.54, 1.807) is 13.2 Å². The second-order valence-corrected chi connectivity index (χ2v) is 8.24. The lowest BCUT2D eigenvalue weighted by atomic mass is 10.1. The van der Waals surface area contributed by atoms with Crippen LogP contribution in [0.5, 0.6) is 5.75 Å². The zero-order valence-electron chi connectivity index (χ0n) is 20.6. The highest BCUT2D eigenvalue weighted by molar-refractivity contribution is 5.94. The second kappa shape index (κ2) is 13.3. The third-order valence-corrected chi connectivity index (χ3v) is 5.35. The number of furan rings is 1. The minimum Gasteiger partial charge on any atom is -0.491 e. The molecule has 0 saturated heterocycles. The van der Waals surface area contributed by atoms with Crippen molar-refractivity contribution in [2.75, 3.05) is 26.4 Å². The molecule has 0 fully saturated rings. The van der Waals surface area contributed by atoms with Crippen molar-refractivity contribution in [2.45, 2.75) is 39.8 Å². The van der Waals surface area contributed by atoms with E-state index in [1.165, 1.54) is 0 Å². The van der Waals surface area contributed by atoms with Crippen LogP contribution >= 0.6 is 0 Å². The molecule has 1 amide bonds. The Morgan fingerprint density at radius 3 is 2.31 bits per heavy atom. The maximum Gasteiger partial charge on any atom is 0.308 e. The Morgan fingerprint density at radius 2 is 1.69 bits per heavy atom. The smallest absolute Gasteiger partial charge is 0.308 e. The number of carbonyl (C=O) groups excluding carboxylic acids is 2. The first-order chi connectivity index (χ1) is 17.0. The van der Waals surface area contributed by atoms with Crippen LogP contribution in [0.4, 0.5) is 0 Å². The summed E-state index contributed by atoms with van der Waals surface area (Å²) in [5.41, 5.74) is 2.58. The predicted molar refractivity (Wildman–Crippen MR) is 133 cm³/mol. The normalized spacial score (nSPS) is 10.9. The first-order valence-electron chi connectivity index (χ1n) is 11.9. The van der Waals surface area contributed by atoms with Gasteiger partial charge in [0.25, 0.3) is 5.91 Å². The van der Waals surface area contributed by atoms with E-state index in [4.69, 9.17) is 18.6 Å². The van der Waals surface area contributed by atoms with Crippen molar-refractivity contribution in [3.8, 4) is 17.1 Å². The number of rotatable bonds is 13. The van der Waals surface area contributed by atoms with Gasteiger partial charge in [0.1, 0.15) is 18.1 Å².